The van der Waals surface area contributed by atoms with Crippen LogP contribution in [0.4, 0.5) is 28.9 Å². The number of carbonyl (C=O) groups excluding carboxylic acids is 2. The van der Waals surface area contributed by atoms with Crippen LogP contribution < -0.4 is 25.8 Å². The molecule has 55 heavy (non-hydrogen) atoms. The van der Waals surface area contributed by atoms with Gasteiger partial charge in [0.2, 0.25) is 11.8 Å². The number of thioether (sulfide) groups is 1. The van der Waals surface area contributed by atoms with Crippen molar-refractivity contribution in [3.8, 4) is 5.75 Å². The molecule has 298 valence electrons. The van der Waals surface area contributed by atoms with E-state index in [9.17, 15) is 27.6 Å². The van der Waals surface area contributed by atoms with Gasteiger partial charge < -0.3 is 29.6 Å². The van der Waals surface area contributed by atoms with E-state index in [0.717, 1.165) is 71.1 Å². The quantitative estimate of drug-likeness (QED) is 0.176. The van der Waals surface area contributed by atoms with E-state index in [4.69, 9.17) is 9.47 Å². The van der Waals surface area contributed by atoms with Gasteiger partial charge in [-0.05, 0) is 69.3 Å². The largest absolute Gasteiger partial charge is 0.493 e. The van der Waals surface area contributed by atoms with Crippen molar-refractivity contribution in [2.75, 3.05) is 82.4 Å². The molecule has 0 radical (unpaired) electrons. The summed E-state index contributed by atoms with van der Waals surface area (Å²) in [4.78, 5) is 50.0. The van der Waals surface area contributed by atoms with Gasteiger partial charge in [-0.25, -0.2) is 9.37 Å². The lowest BCUT2D eigenvalue weighted by Crippen LogP contribution is -2.49. The fraction of sp³-hybridized carbons (Fsp3) is 0.579. The number of piperidine rings is 2. The van der Waals surface area contributed by atoms with Gasteiger partial charge in [-0.2, -0.15) is 24.9 Å². The molecule has 2 aromatic carbocycles. The average Bonchev–Trinajstić information content (AvgIpc) is 3.17. The number of piperazine rings is 1. The van der Waals surface area contributed by atoms with Gasteiger partial charge in [0.05, 0.1) is 23.4 Å². The predicted molar refractivity (Wildman–Crippen MR) is 202 cm³/mol. The van der Waals surface area contributed by atoms with Crippen molar-refractivity contribution in [2.45, 2.75) is 61.7 Å². The molecule has 5 heterocycles. The number of hydrogen-bond donors (Lipinski definition) is 3. The second-order valence-corrected chi connectivity index (χ2v) is 16.0. The molecule has 17 heteroatoms. The Kier molecular flexibility index (Phi) is 12.5. The van der Waals surface area contributed by atoms with Crippen molar-refractivity contribution in [2.24, 2.45) is 5.92 Å². The Morgan fingerprint density at radius 2 is 1.65 bits per heavy atom. The van der Waals surface area contributed by atoms with Crippen molar-refractivity contribution >= 4 is 45.9 Å². The molecule has 3 N–H and O–H groups in total. The number of halogens is 4. The van der Waals surface area contributed by atoms with Crippen molar-refractivity contribution in [1.82, 2.24) is 25.1 Å². The number of aromatic amines is 1. The molecule has 1 unspecified atom stereocenters. The smallest absolute Gasteiger partial charge is 0.418 e. The Hall–Kier alpha value is -3.93. The molecule has 4 fully saturated rings. The molecule has 0 aliphatic carbocycles. The Balaban J connectivity index is 0.848. The number of alkyl halides is 3. The van der Waals surface area contributed by atoms with Gasteiger partial charge in [0.1, 0.15) is 28.8 Å². The highest BCUT2D eigenvalue weighted by molar-refractivity contribution is 7.99. The first-order valence-corrected chi connectivity index (χ1v) is 20.1. The lowest BCUT2D eigenvalue weighted by molar-refractivity contribution is -0.137. The normalized spacial score (nSPS) is 21.2. The van der Waals surface area contributed by atoms with E-state index in [-0.39, 0.29) is 41.0 Å². The average molecular weight is 790 g/mol. The summed E-state index contributed by atoms with van der Waals surface area (Å²) in [5, 5.41) is 5.45. The molecule has 3 aromatic rings. The molecular formula is C38H47F4N7O5S. The van der Waals surface area contributed by atoms with Crippen LogP contribution in [0.5, 0.6) is 5.75 Å². The number of rotatable bonds is 12. The van der Waals surface area contributed by atoms with E-state index in [0.29, 0.717) is 61.3 Å². The number of hydrogen-bond acceptors (Lipinski definition) is 11. The summed E-state index contributed by atoms with van der Waals surface area (Å²) in [5.74, 6) is 0.120. The Labute approximate surface area is 320 Å². The number of anilines is 2. The maximum absolute atomic E-state index is 15.0. The number of benzene rings is 2. The summed E-state index contributed by atoms with van der Waals surface area (Å²) in [6, 6.07) is 6.19. The second-order valence-electron chi connectivity index (χ2n) is 14.7. The number of nitrogens with one attached hydrogen (secondary N) is 3. The maximum Gasteiger partial charge on any atom is 0.418 e. The zero-order valence-electron chi connectivity index (χ0n) is 30.6. The molecule has 4 aliphatic rings. The number of carbonyl (C=O) groups is 2. The van der Waals surface area contributed by atoms with Gasteiger partial charge >= 0.3 is 6.18 Å². The number of nitrogens with zero attached hydrogens (tertiary/aromatic N) is 4. The highest BCUT2D eigenvalue weighted by Crippen LogP contribution is 2.39. The van der Waals surface area contributed by atoms with Gasteiger partial charge in [0.25, 0.3) is 5.56 Å². The van der Waals surface area contributed by atoms with Crippen molar-refractivity contribution < 1.29 is 36.6 Å². The minimum atomic E-state index is -4.58. The first-order valence-electron chi connectivity index (χ1n) is 19.0. The SMILES string of the molecule is O=C1CCC(Nc2ccc(N3CCN(CCN4CCC(COc5cc(F)c6c(=O)[nH]c(CSC7CCOCC7)nc6c5)CC4)CC3)c(C(F)(F)F)c2)C(=O)N1. The van der Waals surface area contributed by atoms with Crippen molar-refractivity contribution in [1.29, 1.82) is 0 Å². The Morgan fingerprint density at radius 1 is 0.927 bits per heavy atom. The number of aromatic nitrogens is 2. The van der Waals surface area contributed by atoms with Crippen LogP contribution in [0.2, 0.25) is 0 Å². The monoisotopic (exact) mass is 789 g/mol. The van der Waals surface area contributed by atoms with Crippen molar-refractivity contribution in [3.63, 3.8) is 0 Å². The van der Waals surface area contributed by atoms with Gasteiger partial charge in [0.15, 0.2) is 0 Å². The van der Waals surface area contributed by atoms with Crippen LogP contribution in [0.15, 0.2) is 35.1 Å². The lowest BCUT2D eigenvalue weighted by atomic mass is 9.98. The molecule has 4 saturated heterocycles. The first kappa shape index (κ1) is 39.3. The Morgan fingerprint density at radius 3 is 2.36 bits per heavy atom. The van der Waals surface area contributed by atoms with Crippen LogP contribution in [-0.4, -0.2) is 115 Å². The molecule has 0 bridgehead atoms. The fourth-order valence-electron chi connectivity index (χ4n) is 7.69. The number of likely N-dealkylation sites (tertiary alicyclic amines) is 1. The van der Waals surface area contributed by atoms with E-state index in [1.54, 1.807) is 28.8 Å². The number of amides is 2. The highest BCUT2D eigenvalue weighted by atomic mass is 32.2. The number of imide groups is 1. The van der Waals surface area contributed by atoms with Gasteiger partial charge in [-0.15, -0.1) is 0 Å². The molecule has 12 nitrogen and oxygen atoms in total. The fourth-order valence-corrected chi connectivity index (χ4v) is 8.74. The van der Waals surface area contributed by atoms with E-state index in [2.05, 4.69) is 30.4 Å². The molecule has 7 rings (SSSR count). The summed E-state index contributed by atoms with van der Waals surface area (Å²) in [5.41, 5.74) is -0.661. The summed E-state index contributed by atoms with van der Waals surface area (Å²) in [6.07, 6.45) is -0.479. The van der Waals surface area contributed by atoms with E-state index < -0.39 is 35.1 Å². The van der Waals surface area contributed by atoms with Gasteiger partial charge in [0, 0.05) is 87.7 Å². The molecule has 4 aliphatic heterocycles. The molecule has 0 saturated carbocycles. The third-order valence-electron chi connectivity index (χ3n) is 10.9. The van der Waals surface area contributed by atoms with Crippen LogP contribution in [0.25, 0.3) is 10.9 Å². The lowest BCUT2D eigenvalue weighted by Gasteiger charge is -2.39. The van der Waals surface area contributed by atoms with E-state index in [1.165, 1.54) is 12.1 Å². The summed E-state index contributed by atoms with van der Waals surface area (Å²) in [6.45, 7) is 7.53. The van der Waals surface area contributed by atoms with Crippen LogP contribution in [0.3, 0.4) is 0 Å². The van der Waals surface area contributed by atoms with E-state index >= 15 is 4.39 Å². The van der Waals surface area contributed by atoms with Crippen LogP contribution in [0.1, 0.15) is 49.9 Å². The third kappa shape index (κ3) is 10.1. The minimum Gasteiger partial charge on any atom is -0.493 e. The van der Waals surface area contributed by atoms with E-state index in [1.807, 2.05) is 0 Å². The van der Waals surface area contributed by atoms with Crippen LogP contribution in [-0.2, 0) is 26.3 Å². The third-order valence-corrected chi connectivity index (χ3v) is 12.3. The van der Waals surface area contributed by atoms with Gasteiger partial charge in [-0.1, -0.05) is 0 Å². The summed E-state index contributed by atoms with van der Waals surface area (Å²) in [7, 11) is 0. The molecule has 0 spiro atoms. The second kappa shape index (κ2) is 17.5. The number of H-pyrrole nitrogens is 1. The number of fused-ring (bicyclic) bond motifs is 1. The Bertz CT molecular complexity index is 1890. The van der Waals surface area contributed by atoms with Crippen molar-refractivity contribution in [3.05, 3.63) is 57.9 Å². The maximum atomic E-state index is 15.0. The predicted octanol–water partition coefficient (Wildman–Crippen LogP) is 4.62. The first-order chi connectivity index (χ1) is 26.5. The number of ether oxygens (including phenoxy) is 2. The summed E-state index contributed by atoms with van der Waals surface area (Å²) >= 11 is 1.72. The van der Waals surface area contributed by atoms with Crippen LogP contribution in [0, 0.1) is 11.7 Å². The minimum absolute atomic E-state index is 0.0665. The summed E-state index contributed by atoms with van der Waals surface area (Å²) < 4.78 is 69.1. The standard InChI is InChI=1S/C38H47F4N7O5S/c39-29-20-26(21-31-35(29)37(52)45-33(44-31)23-55-27-7-17-53-18-8-27)54-22-24-5-9-47(10-6-24)11-12-48-13-15-49(16-14-48)32-3-1-25(19-28(32)38(40,41)42)43-30-2-4-34(50)46-36(30)51/h1,3,19-21,24,27,30,43H,2,4-18,22-23H2,(H,44,45,52)(H,46,50,51). The highest BCUT2D eigenvalue weighted by Gasteiger charge is 2.37. The molecule has 2 amide bonds. The topological polar surface area (TPSA) is 132 Å². The zero-order valence-corrected chi connectivity index (χ0v) is 31.4. The molecule has 1 aromatic heterocycles. The molecular weight excluding hydrogens is 743 g/mol. The zero-order chi connectivity index (χ0) is 38.5. The molecule has 1 atom stereocenters. The van der Waals surface area contributed by atoms with Gasteiger partial charge in [-0.3, -0.25) is 24.6 Å². The van der Waals surface area contributed by atoms with Crippen LogP contribution >= 0.6 is 11.8 Å².